The van der Waals surface area contributed by atoms with E-state index >= 15 is 0 Å². The number of nitrogens with zero attached hydrogens (tertiary/aromatic N) is 1. The Balaban J connectivity index is 1.59. The van der Waals surface area contributed by atoms with E-state index < -0.39 is 11.4 Å². The van der Waals surface area contributed by atoms with E-state index in [0.717, 1.165) is 5.56 Å². The van der Waals surface area contributed by atoms with E-state index in [4.69, 9.17) is 4.74 Å². The molecule has 0 aliphatic carbocycles. The van der Waals surface area contributed by atoms with Gasteiger partial charge in [-0.1, -0.05) is 38.1 Å². The molecule has 2 heterocycles. The van der Waals surface area contributed by atoms with Crippen LogP contribution in [0.1, 0.15) is 43.7 Å². The van der Waals surface area contributed by atoms with Gasteiger partial charge in [0.1, 0.15) is 0 Å². The first-order valence-corrected chi connectivity index (χ1v) is 9.10. The number of aliphatic carboxylic acids is 1. The summed E-state index contributed by atoms with van der Waals surface area (Å²) < 4.78 is 5.45. The molecule has 0 aromatic heterocycles. The van der Waals surface area contributed by atoms with E-state index in [2.05, 4.69) is 38.1 Å². The predicted molar refractivity (Wildman–Crippen MR) is 94.4 cm³/mol. The SMILES string of the molecule is CC(C)c1ccc(CCC(=O)N2C[C@H]3COCC[C@@]3(C(=O)O)C2)cc1. The third kappa shape index (κ3) is 3.56. The van der Waals surface area contributed by atoms with Crippen molar-refractivity contribution in [2.75, 3.05) is 26.3 Å². The maximum atomic E-state index is 12.6. The molecule has 0 radical (unpaired) electrons. The standard InChI is InChI=1S/C20H27NO4/c1-14(2)16-6-3-15(4-7-16)5-8-18(22)21-11-17-12-25-10-9-20(17,13-21)19(23)24/h3-4,6-7,14,17H,5,8-13H2,1-2H3,(H,23,24)/t17-,20+/m0/s1. The zero-order chi connectivity index (χ0) is 18.0. The van der Waals surface area contributed by atoms with Crippen LogP contribution in [-0.4, -0.2) is 48.2 Å². The van der Waals surface area contributed by atoms with Gasteiger partial charge in [-0.05, 0) is 29.9 Å². The molecule has 5 nitrogen and oxygen atoms in total. The molecule has 0 spiro atoms. The molecule has 1 amide bonds. The Kier molecular flexibility index (Phi) is 5.13. The highest BCUT2D eigenvalue weighted by Gasteiger charge is 2.54. The molecular weight excluding hydrogens is 318 g/mol. The molecule has 2 atom stereocenters. The number of aryl methyl sites for hydroxylation is 1. The summed E-state index contributed by atoms with van der Waals surface area (Å²) in [4.78, 5) is 26.1. The number of ether oxygens (including phenoxy) is 1. The van der Waals surface area contributed by atoms with E-state index in [1.165, 1.54) is 5.56 Å². The number of likely N-dealkylation sites (tertiary alicyclic amines) is 1. The van der Waals surface area contributed by atoms with Crippen molar-refractivity contribution in [2.45, 2.75) is 39.0 Å². The van der Waals surface area contributed by atoms with Crippen LogP contribution in [0.3, 0.4) is 0 Å². The normalized spacial score (nSPS) is 25.9. The van der Waals surface area contributed by atoms with Gasteiger partial charge in [-0.2, -0.15) is 0 Å². The van der Waals surface area contributed by atoms with Gasteiger partial charge in [0, 0.05) is 32.0 Å². The molecule has 2 saturated heterocycles. The Morgan fingerprint density at radius 1 is 1.32 bits per heavy atom. The van der Waals surface area contributed by atoms with E-state index in [9.17, 15) is 14.7 Å². The van der Waals surface area contributed by atoms with Crippen molar-refractivity contribution in [3.8, 4) is 0 Å². The summed E-state index contributed by atoms with van der Waals surface area (Å²) >= 11 is 0. The summed E-state index contributed by atoms with van der Waals surface area (Å²) in [5.74, 6) is -0.339. The van der Waals surface area contributed by atoms with Crippen LogP contribution in [0.2, 0.25) is 0 Å². The Morgan fingerprint density at radius 3 is 2.64 bits per heavy atom. The van der Waals surface area contributed by atoms with Crippen LogP contribution in [0.4, 0.5) is 0 Å². The first-order chi connectivity index (χ1) is 11.9. The van der Waals surface area contributed by atoms with Gasteiger partial charge in [0.15, 0.2) is 0 Å². The molecule has 3 rings (SSSR count). The summed E-state index contributed by atoms with van der Waals surface area (Å²) in [6.07, 6.45) is 1.60. The zero-order valence-electron chi connectivity index (χ0n) is 15.0. The minimum atomic E-state index is -0.813. The van der Waals surface area contributed by atoms with E-state index in [-0.39, 0.29) is 11.8 Å². The predicted octanol–water partition coefficient (Wildman–Crippen LogP) is 2.69. The van der Waals surface area contributed by atoms with Crippen molar-refractivity contribution in [3.05, 3.63) is 35.4 Å². The number of rotatable bonds is 5. The number of amides is 1. The lowest BCUT2D eigenvalue weighted by atomic mass is 9.74. The van der Waals surface area contributed by atoms with Gasteiger partial charge in [0.25, 0.3) is 0 Å². The van der Waals surface area contributed by atoms with Crippen molar-refractivity contribution in [2.24, 2.45) is 11.3 Å². The molecule has 0 saturated carbocycles. The summed E-state index contributed by atoms with van der Waals surface area (Å²) in [6.45, 7) is 6.04. The number of carboxylic acids is 1. The van der Waals surface area contributed by atoms with E-state index in [1.807, 2.05) is 0 Å². The van der Waals surface area contributed by atoms with Gasteiger partial charge in [-0.25, -0.2) is 0 Å². The third-order valence-corrected chi connectivity index (χ3v) is 5.76. The van der Waals surface area contributed by atoms with E-state index in [0.29, 0.717) is 51.5 Å². The third-order valence-electron chi connectivity index (χ3n) is 5.76. The molecule has 2 aliphatic heterocycles. The first kappa shape index (κ1) is 17.9. The van der Waals surface area contributed by atoms with Gasteiger partial charge in [-0.3, -0.25) is 9.59 Å². The summed E-state index contributed by atoms with van der Waals surface area (Å²) in [6, 6.07) is 8.40. The van der Waals surface area contributed by atoms with Gasteiger partial charge in [-0.15, -0.1) is 0 Å². The monoisotopic (exact) mass is 345 g/mol. The molecule has 2 fully saturated rings. The maximum Gasteiger partial charge on any atom is 0.311 e. The van der Waals surface area contributed by atoms with Crippen molar-refractivity contribution in [1.29, 1.82) is 0 Å². The average Bonchev–Trinajstić information content (AvgIpc) is 3.01. The lowest BCUT2D eigenvalue weighted by molar-refractivity contribution is -0.157. The van der Waals surface area contributed by atoms with Gasteiger partial charge in [0.05, 0.1) is 12.0 Å². The fourth-order valence-electron chi connectivity index (χ4n) is 3.97. The molecule has 25 heavy (non-hydrogen) atoms. The van der Waals surface area contributed by atoms with Crippen LogP contribution in [0.25, 0.3) is 0 Å². The van der Waals surface area contributed by atoms with Crippen LogP contribution >= 0.6 is 0 Å². The lowest BCUT2D eigenvalue weighted by Gasteiger charge is -2.33. The lowest BCUT2D eigenvalue weighted by Crippen LogP contribution is -2.45. The van der Waals surface area contributed by atoms with Crippen molar-refractivity contribution in [3.63, 3.8) is 0 Å². The topological polar surface area (TPSA) is 66.8 Å². The molecular formula is C20H27NO4. The molecule has 1 aromatic rings. The molecule has 2 aliphatic rings. The quantitative estimate of drug-likeness (QED) is 0.891. The molecule has 136 valence electrons. The molecule has 1 aromatic carbocycles. The van der Waals surface area contributed by atoms with Crippen LogP contribution < -0.4 is 0 Å². The van der Waals surface area contributed by atoms with Crippen molar-refractivity contribution in [1.82, 2.24) is 4.90 Å². The minimum Gasteiger partial charge on any atom is -0.481 e. The first-order valence-electron chi connectivity index (χ1n) is 9.10. The Hall–Kier alpha value is -1.88. The average molecular weight is 345 g/mol. The molecule has 0 bridgehead atoms. The zero-order valence-corrected chi connectivity index (χ0v) is 15.0. The number of carboxylic acid groups (broad SMARTS) is 1. The van der Waals surface area contributed by atoms with Crippen LogP contribution in [-0.2, 0) is 20.7 Å². The van der Waals surface area contributed by atoms with Crippen LogP contribution in [0, 0.1) is 11.3 Å². The smallest absolute Gasteiger partial charge is 0.311 e. The second kappa shape index (κ2) is 7.16. The largest absolute Gasteiger partial charge is 0.481 e. The number of benzene rings is 1. The van der Waals surface area contributed by atoms with Crippen LogP contribution in [0.15, 0.2) is 24.3 Å². The van der Waals surface area contributed by atoms with Gasteiger partial charge in [0.2, 0.25) is 5.91 Å². The number of fused-ring (bicyclic) bond motifs is 1. The van der Waals surface area contributed by atoms with Crippen molar-refractivity contribution < 1.29 is 19.4 Å². The van der Waals surface area contributed by atoms with Crippen molar-refractivity contribution >= 4 is 11.9 Å². The Morgan fingerprint density at radius 2 is 2.04 bits per heavy atom. The van der Waals surface area contributed by atoms with Crippen LogP contribution in [0.5, 0.6) is 0 Å². The fraction of sp³-hybridized carbons (Fsp3) is 0.600. The maximum absolute atomic E-state index is 12.6. The highest BCUT2D eigenvalue weighted by atomic mass is 16.5. The number of hydrogen-bond acceptors (Lipinski definition) is 3. The summed E-state index contributed by atoms with van der Waals surface area (Å²) in [5.41, 5.74) is 1.63. The summed E-state index contributed by atoms with van der Waals surface area (Å²) in [5, 5.41) is 9.68. The van der Waals surface area contributed by atoms with E-state index in [1.54, 1.807) is 4.90 Å². The second-order valence-electron chi connectivity index (χ2n) is 7.65. The fourth-order valence-corrected chi connectivity index (χ4v) is 3.97. The minimum absolute atomic E-state index is 0.0444. The van der Waals surface area contributed by atoms with Gasteiger partial charge >= 0.3 is 5.97 Å². The highest BCUT2D eigenvalue weighted by Crippen LogP contribution is 2.42. The highest BCUT2D eigenvalue weighted by molar-refractivity contribution is 5.81. The molecule has 5 heteroatoms. The molecule has 0 unspecified atom stereocenters. The summed E-state index contributed by atoms with van der Waals surface area (Å²) in [7, 11) is 0. The number of hydrogen-bond donors (Lipinski definition) is 1. The number of carbonyl (C=O) groups is 2. The number of carbonyl (C=O) groups excluding carboxylic acids is 1. The van der Waals surface area contributed by atoms with Gasteiger partial charge < -0.3 is 14.7 Å². The Bertz CT molecular complexity index is 640. The molecule has 1 N–H and O–H groups in total. The second-order valence-corrected chi connectivity index (χ2v) is 7.65. The Labute approximate surface area is 149 Å².